The Kier molecular flexibility index (Phi) is 4.62. The fourth-order valence-corrected chi connectivity index (χ4v) is 5.25. The van der Waals surface area contributed by atoms with E-state index in [9.17, 15) is 14.7 Å². The molecule has 0 bridgehead atoms. The van der Waals surface area contributed by atoms with Crippen molar-refractivity contribution in [2.24, 2.45) is 5.92 Å². The molecule has 1 saturated carbocycles. The number of aromatic nitrogens is 1. The highest BCUT2D eigenvalue weighted by molar-refractivity contribution is 6.30. The number of Topliss-reactive ketones (excluding diaryl/α,β-unsaturated/α-hetero) is 1. The lowest BCUT2D eigenvalue weighted by atomic mass is 9.71. The second-order valence-corrected chi connectivity index (χ2v) is 8.60. The minimum absolute atomic E-state index is 0.0415. The zero-order chi connectivity index (χ0) is 22.7. The number of aliphatic hydroxyl groups is 1. The Hall–Kier alpha value is -3.22. The maximum absolute atomic E-state index is 13.9. The number of rotatable bonds is 3. The molecule has 162 valence electrons. The zero-order valence-corrected chi connectivity index (χ0v) is 18.2. The second kappa shape index (κ2) is 7.15. The average molecular weight is 450 g/mol. The first-order valence-corrected chi connectivity index (χ1v) is 10.5. The Morgan fingerprint density at radius 1 is 1.16 bits per heavy atom. The Labute approximate surface area is 189 Å². The van der Waals surface area contributed by atoms with Gasteiger partial charge >= 0.3 is 5.97 Å². The molecule has 5 rings (SSSR count). The van der Waals surface area contributed by atoms with Gasteiger partial charge in [-0.1, -0.05) is 71.8 Å². The van der Waals surface area contributed by atoms with Crippen LogP contribution in [-0.2, 0) is 25.5 Å². The van der Waals surface area contributed by atoms with Gasteiger partial charge in [0.2, 0.25) is 5.60 Å². The molecule has 1 aliphatic carbocycles. The van der Waals surface area contributed by atoms with Crippen molar-refractivity contribution < 1.29 is 24.2 Å². The van der Waals surface area contributed by atoms with Crippen molar-refractivity contribution in [3.05, 3.63) is 94.3 Å². The molecule has 6 nitrogen and oxygen atoms in total. The summed E-state index contributed by atoms with van der Waals surface area (Å²) >= 11 is 6.15. The summed E-state index contributed by atoms with van der Waals surface area (Å²) in [4.78, 5) is 31.1. The topological polar surface area (TPSA) is 85.7 Å². The van der Waals surface area contributed by atoms with E-state index in [1.807, 2.05) is 49.4 Å². The molecule has 0 saturated heterocycles. The summed E-state index contributed by atoms with van der Waals surface area (Å²) < 4.78 is 11.5. The van der Waals surface area contributed by atoms with Crippen LogP contribution in [0.1, 0.15) is 28.3 Å². The number of methoxy groups -OCH3 is 1. The van der Waals surface area contributed by atoms with Gasteiger partial charge in [0.1, 0.15) is 17.4 Å². The molecule has 0 unspecified atom stereocenters. The number of ketones is 1. The van der Waals surface area contributed by atoms with Crippen molar-refractivity contribution in [2.45, 2.75) is 24.0 Å². The van der Waals surface area contributed by atoms with E-state index < -0.39 is 34.8 Å². The van der Waals surface area contributed by atoms with Gasteiger partial charge in [0, 0.05) is 12.3 Å². The van der Waals surface area contributed by atoms with Gasteiger partial charge in [0.05, 0.1) is 18.1 Å². The summed E-state index contributed by atoms with van der Waals surface area (Å²) in [6.07, 6.45) is 1.35. The van der Waals surface area contributed by atoms with Crippen LogP contribution in [0.4, 0.5) is 0 Å². The van der Waals surface area contributed by atoms with Gasteiger partial charge < -0.3 is 14.6 Å². The lowest BCUT2D eigenvalue weighted by molar-refractivity contribution is -0.155. The van der Waals surface area contributed by atoms with Gasteiger partial charge in [-0.15, -0.1) is 0 Å². The molecule has 0 spiro atoms. The number of esters is 1. The number of fused-ring (bicyclic) bond motifs is 3. The Bertz CT molecular complexity index is 1230. The van der Waals surface area contributed by atoms with Gasteiger partial charge in [-0.25, -0.2) is 0 Å². The van der Waals surface area contributed by atoms with Crippen molar-refractivity contribution >= 4 is 23.4 Å². The first-order chi connectivity index (χ1) is 15.3. The molecule has 1 aliphatic heterocycles. The molecule has 1 N–H and O–H groups in total. The normalized spacial score (nSPS) is 28.1. The molecular weight excluding hydrogens is 430 g/mol. The van der Waals surface area contributed by atoms with Gasteiger partial charge in [-0.3, -0.25) is 14.6 Å². The standard InChI is InChI=1S/C25H20ClNO5/c1-14-8-10-16(11-9-14)25-20(15-6-4-3-5-7-15)19(23(29)31-2)22(28)24(25,30)21-18(32-25)12-17(26)13-27-21/h3-13,19-20,30H,1-2H3/t19-,20-,24+,25+/m1/s1. The quantitative estimate of drug-likeness (QED) is 0.485. The number of carbonyl (C=O) groups is 2. The third kappa shape index (κ3) is 2.54. The summed E-state index contributed by atoms with van der Waals surface area (Å²) in [5, 5.41) is 12.5. The fraction of sp³-hybridized carbons (Fsp3) is 0.240. The number of aryl methyl sites for hydroxylation is 1. The Morgan fingerprint density at radius 3 is 2.50 bits per heavy atom. The number of hydrogen-bond acceptors (Lipinski definition) is 6. The summed E-state index contributed by atoms with van der Waals surface area (Å²) in [6.45, 7) is 1.94. The van der Waals surface area contributed by atoms with Crippen LogP contribution in [0.3, 0.4) is 0 Å². The number of hydrogen-bond donors (Lipinski definition) is 1. The maximum Gasteiger partial charge on any atom is 0.317 e. The SMILES string of the molecule is COC(=O)[C@H]1C(=O)[C@@]2(O)c3ncc(Cl)cc3O[C@@]2(c2ccc(C)cc2)[C@@H]1c1ccccc1. The molecule has 2 aliphatic rings. The molecule has 32 heavy (non-hydrogen) atoms. The first-order valence-electron chi connectivity index (χ1n) is 10.2. The number of halogens is 1. The predicted molar refractivity (Wildman–Crippen MR) is 116 cm³/mol. The molecule has 2 heterocycles. The molecule has 0 radical (unpaired) electrons. The van der Waals surface area contributed by atoms with E-state index in [4.69, 9.17) is 21.1 Å². The Morgan fingerprint density at radius 2 is 1.84 bits per heavy atom. The first kappa shape index (κ1) is 20.7. The molecule has 7 heteroatoms. The molecule has 3 aromatic rings. The monoisotopic (exact) mass is 449 g/mol. The van der Waals surface area contributed by atoms with Crippen molar-refractivity contribution in [3.63, 3.8) is 0 Å². The third-order valence-electron chi connectivity index (χ3n) is 6.48. The van der Waals surface area contributed by atoms with E-state index in [1.54, 1.807) is 12.1 Å². The average Bonchev–Trinajstić information content (AvgIpc) is 3.17. The zero-order valence-electron chi connectivity index (χ0n) is 17.4. The van der Waals surface area contributed by atoms with Crippen molar-refractivity contribution in [1.82, 2.24) is 4.98 Å². The molecule has 1 fully saturated rings. The van der Waals surface area contributed by atoms with Crippen molar-refractivity contribution in [1.29, 1.82) is 0 Å². The highest BCUT2D eigenvalue weighted by Gasteiger charge is 2.78. The molecule has 4 atom stereocenters. The number of nitrogens with zero attached hydrogens (tertiary/aromatic N) is 1. The van der Waals surface area contributed by atoms with Crippen LogP contribution in [-0.4, -0.2) is 29.0 Å². The number of ether oxygens (including phenoxy) is 2. The molecular formula is C25H20ClNO5. The summed E-state index contributed by atoms with van der Waals surface area (Å²) in [5.74, 6) is -3.41. The largest absolute Gasteiger partial charge is 0.476 e. The number of carbonyl (C=O) groups excluding carboxylic acids is 2. The van der Waals surface area contributed by atoms with Crippen LogP contribution in [0.25, 0.3) is 0 Å². The van der Waals surface area contributed by atoms with E-state index in [1.165, 1.54) is 19.4 Å². The van der Waals surface area contributed by atoms with E-state index in [0.717, 1.165) is 5.56 Å². The van der Waals surface area contributed by atoms with Gasteiger partial charge in [-0.2, -0.15) is 0 Å². The van der Waals surface area contributed by atoms with Crippen LogP contribution in [0, 0.1) is 12.8 Å². The molecule has 1 aromatic heterocycles. The van der Waals surface area contributed by atoms with Gasteiger partial charge in [0.15, 0.2) is 11.4 Å². The summed E-state index contributed by atoms with van der Waals surface area (Å²) in [6, 6.07) is 17.9. The summed E-state index contributed by atoms with van der Waals surface area (Å²) in [5.41, 5.74) is -1.62. The van der Waals surface area contributed by atoms with Gasteiger partial charge in [0.25, 0.3) is 0 Å². The minimum atomic E-state index is -2.22. The summed E-state index contributed by atoms with van der Waals surface area (Å²) in [7, 11) is 1.22. The van der Waals surface area contributed by atoms with E-state index in [-0.39, 0.29) is 11.4 Å². The van der Waals surface area contributed by atoms with Gasteiger partial charge in [-0.05, 0) is 18.1 Å². The van der Waals surface area contributed by atoms with Crippen molar-refractivity contribution in [3.8, 4) is 5.75 Å². The van der Waals surface area contributed by atoms with Crippen LogP contribution < -0.4 is 4.74 Å². The fourth-order valence-electron chi connectivity index (χ4n) is 5.10. The van der Waals surface area contributed by atoms with E-state index in [2.05, 4.69) is 4.98 Å². The van der Waals surface area contributed by atoms with Crippen LogP contribution in [0.15, 0.2) is 66.9 Å². The highest BCUT2D eigenvalue weighted by Crippen LogP contribution is 2.66. The molecule has 0 amide bonds. The van der Waals surface area contributed by atoms with Crippen LogP contribution in [0.2, 0.25) is 5.02 Å². The van der Waals surface area contributed by atoms with E-state index >= 15 is 0 Å². The predicted octanol–water partition coefficient (Wildman–Crippen LogP) is 3.67. The van der Waals surface area contributed by atoms with Crippen molar-refractivity contribution in [2.75, 3.05) is 7.11 Å². The minimum Gasteiger partial charge on any atom is -0.476 e. The molecule has 2 aromatic carbocycles. The maximum atomic E-state index is 13.9. The van der Waals surface area contributed by atoms with E-state index in [0.29, 0.717) is 16.1 Å². The lowest BCUT2D eigenvalue weighted by Gasteiger charge is -2.39. The Balaban J connectivity index is 1.88. The highest BCUT2D eigenvalue weighted by atomic mass is 35.5. The van der Waals surface area contributed by atoms with Crippen LogP contribution >= 0.6 is 11.6 Å². The number of pyridine rings is 1. The van der Waals surface area contributed by atoms with Crippen LogP contribution in [0.5, 0.6) is 5.75 Å². The second-order valence-electron chi connectivity index (χ2n) is 8.17. The number of benzene rings is 2. The third-order valence-corrected chi connectivity index (χ3v) is 6.68. The smallest absolute Gasteiger partial charge is 0.317 e. The lowest BCUT2D eigenvalue weighted by Crippen LogP contribution is -2.51.